The van der Waals surface area contributed by atoms with Crippen molar-refractivity contribution in [1.82, 2.24) is 0 Å². The maximum absolute atomic E-state index is 13.3. The number of sulfonamides is 1. The lowest BCUT2D eigenvalue weighted by atomic mass is 10.2. The first kappa shape index (κ1) is 23.6. The minimum Gasteiger partial charge on any atom is -0.325 e. The van der Waals surface area contributed by atoms with Crippen LogP contribution in [0, 0.1) is 6.92 Å². The number of anilines is 2. The highest BCUT2D eigenvalue weighted by molar-refractivity contribution is 7.92. The van der Waals surface area contributed by atoms with Crippen molar-refractivity contribution in [2.24, 2.45) is 0 Å². The lowest BCUT2D eigenvalue weighted by Crippen LogP contribution is -2.38. The van der Waals surface area contributed by atoms with Gasteiger partial charge in [-0.15, -0.1) is 0 Å². The molecule has 0 bridgehead atoms. The van der Waals surface area contributed by atoms with Gasteiger partial charge in [0.25, 0.3) is 10.0 Å². The summed E-state index contributed by atoms with van der Waals surface area (Å²) in [6.07, 6.45) is -4.73. The molecular formula is C22H18ClF3N2O3S. The van der Waals surface area contributed by atoms with Crippen molar-refractivity contribution in [2.75, 3.05) is 16.2 Å². The van der Waals surface area contributed by atoms with Crippen molar-refractivity contribution in [1.29, 1.82) is 0 Å². The summed E-state index contributed by atoms with van der Waals surface area (Å²) >= 11 is 6.09. The summed E-state index contributed by atoms with van der Waals surface area (Å²) in [6.45, 7) is 1.07. The number of halogens is 4. The Bertz CT molecular complexity index is 1220. The summed E-state index contributed by atoms with van der Waals surface area (Å²) in [6, 6.07) is 16.1. The number of aryl methyl sites for hydroxylation is 1. The molecule has 1 N–H and O–H groups in total. The molecule has 0 aromatic heterocycles. The fourth-order valence-corrected chi connectivity index (χ4v) is 4.59. The SMILES string of the molecule is Cc1ccc(NC(=O)CN(c2cc(C(F)(F)F)ccc2Cl)S(=O)(=O)c2ccccc2)cc1. The highest BCUT2D eigenvalue weighted by atomic mass is 35.5. The van der Waals surface area contributed by atoms with Crippen LogP contribution < -0.4 is 9.62 Å². The molecule has 0 aliphatic heterocycles. The van der Waals surface area contributed by atoms with Crippen molar-refractivity contribution in [3.05, 3.63) is 88.9 Å². The van der Waals surface area contributed by atoms with Crippen LogP contribution in [0.15, 0.2) is 77.7 Å². The molecule has 0 saturated carbocycles. The van der Waals surface area contributed by atoms with Gasteiger partial charge >= 0.3 is 6.18 Å². The van der Waals surface area contributed by atoms with Gasteiger partial charge in [-0.25, -0.2) is 8.42 Å². The third-order valence-corrected chi connectivity index (χ3v) is 6.59. The number of carbonyl (C=O) groups is 1. The summed E-state index contributed by atoms with van der Waals surface area (Å²) in [4.78, 5) is 12.5. The Labute approximate surface area is 188 Å². The smallest absolute Gasteiger partial charge is 0.325 e. The van der Waals surface area contributed by atoms with E-state index >= 15 is 0 Å². The average Bonchev–Trinajstić information content (AvgIpc) is 2.74. The van der Waals surface area contributed by atoms with Crippen LogP contribution in [0.2, 0.25) is 5.02 Å². The minimum absolute atomic E-state index is 0.198. The Morgan fingerprint density at radius 1 is 1.00 bits per heavy atom. The molecule has 3 aromatic carbocycles. The first-order chi connectivity index (χ1) is 15.0. The molecular weight excluding hydrogens is 465 g/mol. The zero-order chi connectivity index (χ0) is 23.5. The molecule has 0 aliphatic rings. The zero-order valence-electron chi connectivity index (χ0n) is 16.7. The predicted molar refractivity (Wildman–Crippen MR) is 117 cm³/mol. The number of rotatable bonds is 6. The van der Waals surface area contributed by atoms with Gasteiger partial charge in [-0.2, -0.15) is 13.2 Å². The molecule has 10 heteroatoms. The van der Waals surface area contributed by atoms with E-state index in [0.717, 1.165) is 17.7 Å². The van der Waals surface area contributed by atoms with Gasteiger partial charge in [-0.3, -0.25) is 9.10 Å². The van der Waals surface area contributed by atoms with Gasteiger partial charge < -0.3 is 5.32 Å². The highest BCUT2D eigenvalue weighted by Gasteiger charge is 2.34. The maximum atomic E-state index is 13.3. The summed E-state index contributed by atoms with van der Waals surface area (Å²) in [5.41, 5.74) is -0.187. The largest absolute Gasteiger partial charge is 0.416 e. The zero-order valence-corrected chi connectivity index (χ0v) is 18.3. The molecule has 0 aliphatic carbocycles. The Kier molecular flexibility index (Phi) is 6.80. The van der Waals surface area contributed by atoms with E-state index in [-0.39, 0.29) is 9.92 Å². The van der Waals surface area contributed by atoms with Crippen LogP contribution in [0.5, 0.6) is 0 Å². The van der Waals surface area contributed by atoms with Crippen LogP contribution in [0.3, 0.4) is 0 Å². The van der Waals surface area contributed by atoms with Crippen molar-refractivity contribution < 1.29 is 26.4 Å². The van der Waals surface area contributed by atoms with E-state index in [1.165, 1.54) is 24.3 Å². The topological polar surface area (TPSA) is 66.5 Å². The molecule has 0 heterocycles. The second kappa shape index (κ2) is 9.22. The maximum Gasteiger partial charge on any atom is 0.416 e. The number of nitrogens with zero attached hydrogens (tertiary/aromatic N) is 1. The van der Waals surface area contributed by atoms with E-state index < -0.39 is 39.9 Å². The molecule has 3 rings (SSSR count). The molecule has 168 valence electrons. The summed E-state index contributed by atoms with van der Waals surface area (Å²) in [5.74, 6) is -0.748. The van der Waals surface area contributed by atoms with Gasteiger partial charge in [-0.1, -0.05) is 47.5 Å². The lowest BCUT2D eigenvalue weighted by molar-refractivity contribution is -0.137. The molecule has 0 fully saturated rings. The van der Waals surface area contributed by atoms with Gasteiger partial charge in [0, 0.05) is 5.69 Å². The summed E-state index contributed by atoms with van der Waals surface area (Å²) in [7, 11) is -4.41. The van der Waals surface area contributed by atoms with Crippen LogP contribution >= 0.6 is 11.6 Å². The Morgan fingerprint density at radius 3 is 2.22 bits per heavy atom. The van der Waals surface area contributed by atoms with Crippen LogP contribution in [-0.2, 0) is 21.0 Å². The lowest BCUT2D eigenvalue weighted by Gasteiger charge is -2.26. The highest BCUT2D eigenvalue weighted by Crippen LogP contribution is 2.37. The van der Waals surface area contributed by atoms with Gasteiger partial charge in [-0.05, 0) is 49.4 Å². The summed E-state index contributed by atoms with van der Waals surface area (Å²) < 4.78 is 67.0. The molecule has 1 amide bonds. The van der Waals surface area contributed by atoms with Crippen LogP contribution in [0.25, 0.3) is 0 Å². The number of hydrogen-bond donors (Lipinski definition) is 1. The molecule has 0 unspecified atom stereocenters. The Balaban J connectivity index is 2.04. The van der Waals surface area contributed by atoms with E-state index in [9.17, 15) is 26.4 Å². The molecule has 5 nitrogen and oxygen atoms in total. The number of carbonyl (C=O) groups excluding carboxylic acids is 1. The molecule has 0 saturated heterocycles. The monoisotopic (exact) mass is 482 g/mol. The second-order valence-electron chi connectivity index (χ2n) is 6.90. The van der Waals surface area contributed by atoms with Crippen molar-refractivity contribution in [3.63, 3.8) is 0 Å². The predicted octanol–water partition coefficient (Wildman–Crippen LogP) is 5.50. The fourth-order valence-electron chi connectivity index (χ4n) is 2.87. The van der Waals surface area contributed by atoms with Gasteiger partial charge in [0.2, 0.25) is 5.91 Å². The Morgan fingerprint density at radius 2 is 1.62 bits per heavy atom. The number of nitrogens with one attached hydrogen (secondary N) is 1. The Hall–Kier alpha value is -3.04. The van der Waals surface area contributed by atoms with E-state index in [1.54, 1.807) is 30.3 Å². The van der Waals surface area contributed by atoms with Gasteiger partial charge in [0.05, 0.1) is 21.2 Å². The molecule has 0 radical (unpaired) electrons. The van der Waals surface area contributed by atoms with E-state index in [0.29, 0.717) is 16.1 Å². The number of alkyl halides is 3. The third kappa shape index (κ3) is 5.41. The van der Waals surface area contributed by atoms with E-state index in [1.807, 2.05) is 6.92 Å². The second-order valence-corrected chi connectivity index (χ2v) is 9.17. The third-order valence-electron chi connectivity index (χ3n) is 4.50. The first-order valence-corrected chi connectivity index (χ1v) is 11.1. The minimum atomic E-state index is -4.73. The van der Waals surface area contributed by atoms with Crippen molar-refractivity contribution >= 4 is 38.9 Å². The van der Waals surface area contributed by atoms with Crippen LogP contribution in [-0.4, -0.2) is 20.9 Å². The molecule has 3 aromatic rings. The first-order valence-electron chi connectivity index (χ1n) is 9.29. The van der Waals surface area contributed by atoms with Gasteiger partial charge in [0.1, 0.15) is 6.54 Å². The quantitative estimate of drug-likeness (QED) is 0.504. The number of benzene rings is 3. The van der Waals surface area contributed by atoms with Crippen LogP contribution in [0.4, 0.5) is 24.5 Å². The average molecular weight is 483 g/mol. The van der Waals surface area contributed by atoms with Gasteiger partial charge in [0.15, 0.2) is 0 Å². The van der Waals surface area contributed by atoms with E-state index in [4.69, 9.17) is 11.6 Å². The number of amides is 1. The standard InChI is InChI=1S/C22H18ClF3N2O3S/c1-15-7-10-17(11-8-15)27-21(29)14-28(32(30,31)18-5-3-2-4-6-18)20-13-16(22(24,25)26)9-12-19(20)23/h2-13H,14H2,1H3,(H,27,29). The fraction of sp³-hybridized carbons (Fsp3) is 0.136. The number of hydrogen-bond acceptors (Lipinski definition) is 3. The molecule has 0 spiro atoms. The van der Waals surface area contributed by atoms with E-state index in [2.05, 4.69) is 5.32 Å². The van der Waals surface area contributed by atoms with Crippen molar-refractivity contribution in [3.8, 4) is 0 Å². The normalized spacial score (nSPS) is 11.8. The van der Waals surface area contributed by atoms with Crippen LogP contribution in [0.1, 0.15) is 11.1 Å². The summed E-state index contributed by atoms with van der Waals surface area (Å²) in [5, 5.41) is 2.30. The van der Waals surface area contributed by atoms with Crippen molar-refractivity contribution in [2.45, 2.75) is 18.0 Å². The molecule has 0 atom stereocenters. The molecule has 32 heavy (non-hydrogen) atoms.